The van der Waals surface area contributed by atoms with Gasteiger partial charge in [-0.05, 0) is 110 Å². The Labute approximate surface area is 539 Å². The predicted molar refractivity (Wildman–Crippen MR) is 354 cm³/mol. The zero-order chi connectivity index (χ0) is 66.2. The number of hydroxylamine groups is 2. The van der Waals surface area contributed by atoms with Crippen molar-refractivity contribution in [1.82, 2.24) is 46.4 Å². The molecular formula is C70H94N10O12. The van der Waals surface area contributed by atoms with Gasteiger partial charge >= 0.3 is 0 Å². The summed E-state index contributed by atoms with van der Waals surface area (Å²) in [5, 5.41) is 40.0. The van der Waals surface area contributed by atoms with Gasteiger partial charge in [-0.2, -0.15) is 4.73 Å². The summed E-state index contributed by atoms with van der Waals surface area (Å²) in [5.41, 5.74) is 10.0. The standard InChI is InChI=1S/C34H49N5O6.C22H25N3O3.C14H20N2O3/c1-5-22(3)30-34(44)38-19-13-12-18-29(38)33(43)35-26(16-9-7-8-14-24(40)6-2)31(41)36-27(32(42)37-30)20-23-21-39(45-4)28-17-11-10-15-25(23)28;26-14-13-25(12-11-19-15-23-21-4-2-1-3-20(19)21)16-18-7-5-17(6-8-18)9-10-22(27)24-28;17-13(15-12-8-4-3-5-9-12)10-6-1-2-7-11-14(18)16-19/h10-11,15,17,21-22,26-27,29-30H,5-9,12-14,16,18-20H2,1-4H3,(H,35,43)(H,36,41)(H,37,42);1-10,15,23,26,28H,11-14,16H2,(H,24,27);3-5,8-9,19H,1-2,6-7,10-11H2,(H,15,17)(H,16,18)/b;10-9+;/t22?,26?,27-,29+,30-;;/m0../s1. The van der Waals surface area contributed by atoms with E-state index in [2.05, 4.69) is 49.5 Å². The van der Waals surface area contributed by atoms with Crippen molar-refractivity contribution >= 4 is 80.7 Å². The number of nitrogens with one attached hydrogen (secondary N) is 7. The minimum Gasteiger partial charge on any atom is -0.417 e. The molecule has 6 aromatic rings. The van der Waals surface area contributed by atoms with Gasteiger partial charge in [0.25, 0.3) is 5.91 Å². The first-order valence-corrected chi connectivity index (χ1v) is 32.3. The molecule has 2 aliphatic rings. The molecule has 10 N–H and O–H groups in total. The van der Waals surface area contributed by atoms with E-state index in [-0.39, 0.29) is 48.4 Å². The first-order valence-electron chi connectivity index (χ1n) is 32.3. The van der Waals surface area contributed by atoms with Crippen LogP contribution in [0.5, 0.6) is 0 Å². The Morgan fingerprint density at radius 3 is 2.08 bits per heavy atom. The molecule has 0 bridgehead atoms. The maximum Gasteiger partial charge on any atom is 0.267 e. The number of para-hydroxylation sites is 3. The summed E-state index contributed by atoms with van der Waals surface area (Å²) < 4.78 is 1.62. The summed E-state index contributed by atoms with van der Waals surface area (Å²) in [4.78, 5) is 113. The Bertz CT molecular complexity index is 3350. The lowest BCUT2D eigenvalue weighted by Crippen LogP contribution is -2.64. The van der Waals surface area contributed by atoms with Crippen LogP contribution in [-0.2, 0) is 57.7 Å². The number of carbonyl (C=O) groups is 8. The molecule has 22 heteroatoms. The van der Waals surface area contributed by atoms with Gasteiger partial charge in [0.05, 0.1) is 12.1 Å². The Hall–Kier alpha value is -8.70. The summed E-state index contributed by atoms with van der Waals surface area (Å²) >= 11 is 0. The molecule has 22 nitrogen and oxygen atoms in total. The molecule has 7 amide bonds. The van der Waals surface area contributed by atoms with E-state index in [0.29, 0.717) is 70.9 Å². The molecular weight excluding hydrogens is 1170 g/mol. The van der Waals surface area contributed by atoms with Gasteiger partial charge in [0, 0.05) is 98.7 Å². The lowest BCUT2D eigenvalue weighted by atomic mass is 9.93. The molecule has 8 rings (SSSR count). The van der Waals surface area contributed by atoms with Gasteiger partial charge in [0.1, 0.15) is 37.1 Å². The third kappa shape index (κ3) is 22.9. The van der Waals surface area contributed by atoms with E-state index in [1.807, 2.05) is 112 Å². The second-order valence-corrected chi connectivity index (χ2v) is 23.4. The molecule has 2 aliphatic heterocycles. The van der Waals surface area contributed by atoms with Crippen LogP contribution < -0.4 is 37.1 Å². The van der Waals surface area contributed by atoms with E-state index < -0.39 is 41.9 Å². The predicted octanol–water partition coefficient (Wildman–Crippen LogP) is 8.26. The topological polar surface area (TPSA) is 306 Å². The SMILES string of the molecule is CCC(=O)CCCCCC1NC(=O)[C@H]2CCCCN2C(=O)[C@H](C(C)CC)NC(=O)[C@H](Cc2cn(OC)c3ccccc23)NC1=O.O=C(/C=C/c1ccc(CN(CCO)CCc2c[nH]c3ccccc23)cc1)NO.O=C(CCCCCCC(=O)Nc1ccccc1)NO. The highest BCUT2D eigenvalue weighted by Gasteiger charge is 2.41. The largest absolute Gasteiger partial charge is 0.417 e. The fourth-order valence-corrected chi connectivity index (χ4v) is 11.3. The second kappa shape index (κ2) is 38.9. The molecule has 0 saturated carbocycles. The van der Waals surface area contributed by atoms with Crippen LogP contribution in [0.1, 0.15) is 146 Å². The number of hydrogen-bond acceptors (Lipinski definition) is 13. The number of nitrogens with zero attached hydrogens (tertiary/aromatic N) is 3. The molecule has 0 radical (unpaired) electrons. The van der Waals surface area contributed by atoms with E-state index >= 15 is 0 Å². The fourth-order valence-electron chi connectivity index (χ4n) is 11.3. The second-order valence-electron chi connectivity index (χ2n) is 23.4. The van der Waals surface area contributed by atoms with Gasteiger partial charge in [-0.15, -0.1) is 0 Å². The number of H-pyrrole nitrogens is 1. The molecule has 4 heterocycles. The Morgan fingerprint density at radius 2 is 1.38 bits per heavy atom. The third-order valence-electron chi connectivity index (χ3n) is 16.8. The van der Waals surface area contributed by atoms with E-state index in [4.69, 9.17) is 15.3 Å². The number of ketones is 1. The van der Waals surface area contributed by atoms with E-state index in [0.717, 1.165) is 103 Å². The molecule has 0 aliphatic carbocycles. The van der Waals surface area contributed by atoms with Gasteiger partial charge in [-0.25, -0.2) is 11.0 Å². The Balaban J connectivity index is 0.000000243. The van der Waals surface area contributed by atoms with Gasteiger partial charge in [-0.3, -0.25) is 53.7 Å². The van der Waals surface area contributed by atoms with Crippen molar-refractivity contribution < 1.29 is 58.7 Å². The number of piperidine rings is 1. The number of fused-ring (bicyclic) bond motifs is 3. The molecule has 2 unspecified atom stereocenters. The monoisotopic (exact) mass is 1270 g/mol. The number of hydrogen-bond donors (Lipinski definition) is 10. The molecule has 5 atom stereocenters. The van der Waals surface area contributed by atoms with Crippen molar-refractivity contribution in [2.75, 3.05) is 38.7 Å². The summed E-state index contributed by atoms with van der Waals surface area (Å²) in [6.45, 7) is 8.45. The number of aromatic nitrogens is 2. The Kier molecular flexibility index (Phi) is 30.6. The highest BCUT2D eigenvalue weighted by molar-refractivity contribution is 5.98. The normalized spacial score (nSPS) is 17.2. The maximum atomic E-state index is 14.0. The van der Waals surface area contributed by atoms with Crippen molar-refractivity contribution in [3.63, 3.8) is 0 Å². The lowest BCUT2D eigenvalue weighted by Gasteiger charge is -2.39. The van der Waals surface area contributed by atoms with Crippen molar-refractivity contribution in [2.45, 2.75) is 167 Å². The smallest absolute Gasteiger partial charge is 0.267 e. The van der Waals surface area contributed by atoms with Crippen LogP contribution in [0.4, 0.5) is 5.69 Å². The number of benzene rings is 4. The minimum atomic E-state index is -1.01. The fraction of sp³-hybridized carbons (Fsp3) is 0.457. The average Bonchev–Trinajstić information content (AvgIpc) is 1.51. The van der Waals surface area contributed by atoms with Gasteiger partial charge in [0.2, 0.25) is 35.4 Å². The van der Waals surface area contributed by atoms with Crippen molar-refractivity contribution in [3.8, 4) is 0 Å². The number of Topliss-reactive ketones (excluding diaryl/α,β-unsaturated/α-hetero) is 1. The maximum absolute atomic E-state index is 14.0. The first-order chi connectivity index (χ1) is 44.6. The molecule has 496 valence electrons. The number of amides is 7. The van der Waals surface area contributed by atoms with Crippen LogP contribution in [0.25, 0.3) is 27.9 Å². The van der Waals surface area contributed by atoms with Crippen LogP contribution in [0, 0.1) is 5.92 Å². The highest BCUT2D eigenvalue weighted by Crippen LogP contribution is 2.26. The summed E-state index contributed by atoms with van der Waals surface area (Å²) in [7, 11) is 1.56. The summed E-state index contributed by atoms with van der Waals surface area (Å²) in [5.74, 6) is -2.40. The van der Waals surface area contributed by atoms with Crippen molar-refractivity contribution in [1.29, 1.82) is 0 Å². The average molecular weight is 1270 g/mol. The molecule has 0 spiro atoms. The number of carbonyl (C=O) groups excluding carboxylic acids is 8. The van der Waals surface area contributed by atoms with E-state index in [1.165, 1.54) is 17.0 Å². The number of unbranched alkanes of at least 4 members (excludes halogenated alkanes) is 5. The van der Waals surface area contributed by atoms with Crippen LogP contribution in [0.2, 0.25) is 0 Å². The molecule has 2 aromatic heterocycles. The van der Waals surface area contributed by atoms with Crippen LogP contribution in [-0.4, -0.2) is 140 Å². The third-order valence-corrected chi connectivity index (χ3v) is 16.8. The number of anilines is 1. The van der Waals surface area contributed by atoms with Crippen molar-refractivity contribution in [3.05, 3.63) is 144 Å². The minimum absolute atomic E-state index is 0.0132. The van der Waals surface area contributed by atoms with Gasteiger partial charge in [0.15, 0.2) is 0 Å². The highest BCUT2D eigenvalue weighted by atomic mass is 16.6. The summed E-state index contributed by atoms with van der Waals surface area (Å²) in [6, 6.07) is 29.7. The van der Waals surface area contributed by atoms with Gasteiger partial charge < -0.3 is 41.1 Å². The van der Waals surface area contributed by atoms with E-state index in [1.54, 1.807) is 40.0 Å². The summed E-state index contributed by atoms with van der Waals surface area (Å²) in [6.07, 6.45) is 18.1. The number of aromatic amines is 1. The lowest BCUT2D eigenvalue weighted by molar-refractivity contribution is -0.147. The van der Waals surface area contributed by atoms with Crippen LogP contribution in [0.3, 0.4) is 0 Å². The van der Waals surface area contributed by atoms with Crippen LogP contribution >= 0.6 is 0 Å². The van der Waals surface area contributed by atoms with Crippen molar-refractivity contribution in [2.24, 2.45) is 5.92 Å². The molecule has 2 fully saturated rings. The zero-order valence-electron chi connectivity index (χ0n) is 53.6. The molecule has 2 saturated heterocycles. The van der Waals surface area contributed by atoms with E-state index in [9.17, 15) is 43.5 Å². The Morgan fingerprint density at radius 1 is 0.717 bits per heavy atom. The first kappa shape index (κ1) is 72.4. The number of rotatable bonds is 29. The quantitative estimate of drug-likeness (QED) is 0.00916. The number of aliphatic hydroxyl groups is 1. The number of aliphatic hydroxyl groups excluding tert-OH is 1. The zero-order valence-corrected chi connectivity index (χ0v) is 53.6. The molecule has 4 aromatic carbocycles. The van der Waals surface area contributed by atoms with Gasteiger partial charge in [-0.1, -0.05) is 132 Å². The molecule has 92 heavy (non-hydrogen) atoms. The van der Waals surface area contributed by atoms with Crippen LogP contribution in [0.15, 0.2) is 122 Å².